The van der Waals surface area contributed by atoms with E-state index in [9.17, 15) is 19.2 Å². The van der Waals surface area contributed by atoms with Gasteiger partial charge in [0.1, 0.15) is 5.69 Å². The zero-order chi connectivity index (χ0) is 25.1. The smallest absolute Gasteiger partial charge is 0.276 e. The molecule has 0 fully saturated rings. The summed E-state index contributed by atoms with van der Waals surface area (Å²) in [5, 5.41) is 13.7. The fourth-order valence-electron chi connectivity index (χ4n) is 3.99. The van der Waals surface area contributed by atoms with Crippen LogP contribution in [0.4, 0.5) is 11.4 Å². The molecule has 2 N–H and O–H groups in total. The molecule has 4 amide bonds. The van der Waals surface area contributed by atoms with Crippen molar-refractivity contribution in [1.82, 2.24) is 24.5 Å². The maximum Gasteiger partial charge on any atom is 0.276 e. The van der Waals surface area contributed by atoms with Gasteiger partial charge in [0.2, 0.25) is 5.91 Å². The number of aryl methyl sites for hydroxylation is 2. The molecule has 0 atom stereocenters. The largest absolute Gasteiger partial charge is 0.323 e. The molecule has 0 radical (unpaired) electrons. The van der Waals surface area contributed by atoms with Crippen LogP contribution in [0.5, 0.6) is 0 Å². The van der Waals surface area contributed by atoms with Gasteiger partial charge in [-0.2, -0.15) is 10.2 Å². The van der Waals surface area contributed by atoms with E-state index in [-0.39, 0.29) is 29.8 Å². The van der Waals surface area contributed by atoms with Gasteiger partial charge in [-0.25, -0.2) is 0 Å². The molecule has 35 heavy (non-hydrogen) atoms. The highest BCUT2D eigenvalue weighted by Gasteiger charge is 2.34. The maximum absolute atomic E-state index is 12.8. The zero-order valence-corrected chi connectivity index (χ0v) is 19.9. The molecule has 4 rings (SSSR count). The predicted molar refractivity (Wildman–Crippen MR) is 128 cm³/mol. The molecule has 0 saturated heterocycles. The average molecular weight is 478 g/mol. The van der Waals surface area contributed by atoms with Crippen molar-refractivity contribution in [2.24, 2.45) is 14.1 Å². The van der Waals surface area contributed by atoms with E-state index in [1.54, 1.807) is 49.2 Å². The number of anilines is 2. The quantitative estimate of drug-likeness (QED) is 0.360. The molecule has 0 spiro atoms. The Morgan fingerprint density at radius 1 is 0.857 bits per heavy atom. The molecule has 2 aromatic heterocycles. The number of hydrogen-bond acceptors (Lipinski definition) is 6. The Hall–Kier alpha value is -4.28. The number of aromatic nitrogens is 4. The summed E-state index contributed by atoms with van der Waals surface area (Å²) < 4.78 is 3.05. The molecule has 1 aliphatic rings. The molecule has 11 heteroatoms. The number of nitrogens with one attached hydrogen (secondary N) is 2. The number of carbonyl (C=O) groups excluding carboxylic acids is 4. The van der Waals surface area contributed by atoms with Crippen LogP contribution in [0.25, 0.3) is 0 Å². The van der Waals surface area contributed by atoms with Crippen molar-refractivity contribution in [2.45, 2.75) is 32.6 Å². The Kier molecular flexibility index (Phi) is 6.76. The number of benzene rings is 1. The monoisotopic (exact) mass is 477 g/mol. The minimum atomic E-state index is -0.405. The molecular formula is C24H27N7O4. The Bertz CT molecular complexity index is 1270. The van der Waals surface area contributed by atoms with E-state index in [0.29, 0.717) is 48.3 Å². The van der Waals surface area contributed by atoms with E-state index in [4.69, 9.17) is 0 Å². The summed E-state index contributed by atoms with van der Waals surface area (Å²) in [7, 11) is 3.40. The first kappa shape index (κ1) is 23.9. The minimum absolute atomic E-state index is 0.229. The summed E-state index contributed by atoms with van der Waals surface area (Å²) in [6, 6.07) is 6.79. The van der Waals surface area contributed by atoms with Crippen molar-refractivity contribution in [3.05, 3.63) is 59.2 Å². The maximum atomic E-state index is 12.8. The second kappa shape index (κ2) is 9.92. The fourth-order valence-corrected chi connectivity index (χ4v) is 3.99. The molecule has 3 aromatic rings. The Balaban J connectivity index is 1.25. The Labute approximate surface area is 202 Å². The van der Waals surface area contributed by atoms with Crippen molar-refractivity contribution in [3.8, 4) is 0 Å². The van der Waals surface area contributed by atoms with Crippen molar-refractivity contribution in [1.29, 1.82) is 0 Å². The van der Waals surface area contributed by atoms with Crippen LogP contribution in [0, 0.1) is 6.92 Å². The molecular weight excluding hydrogens is 450 g/mol. The second-order valence-electron chi connectivity index (χ2n) is 8.42. The molecule has 182 valence electrons. The fraction of sp³-hybridized carbons (Fsp3) is 0.333. The SMILES string of the molecule is Cc1c(NC(=O)c2c(NC(=O)CCCCCN3C(=O)c4ccccc4C3=O)cnn2C)cnn1C. The summed E-state index contributed by atoms with van der Waals surface area (Å²) in [6.07, 6.45) is 5.08. The molecule has 1 aromatic carbocycles. The van der Waals surface area contributed by atoms with Gasteiger partial charge < -0.3 is 10.6 Å². The summed E-state index contributed by atoms with van der Waals surface area (Å²) in [5.41, 5.74) is 2.80. The highest BCUT2D eigenvalue weighted by molar-refractivity contribution is 6.21. The third kappa shape index (κ3) is 4.84. The van der Waals surface area contributed by atoms with Crippen LogP contribution in [0.15, 0.2) is 36.7 Å². The Morgan fingerprint density at radius 2 is 1.49 bits per heavy atom. The van der Waals surface area contributed by atoms with E-state index in [2.05, 4.69) is 20.8 Å². The van der Waals surface area contributed by atoms with Crippen LogP contribution in [-0.4, -0.2) is 54.6 Å². The summed E-state index contributed by atoms with van der Waals surface area (Å²) in [5.74, 6) is -1.19. The van der Waals surface area contributed by atoms with Crippen molar-refractivity contribution in [3.63, 3.8) is 0 Å². The van der Waals surface area contributed by atoms with Gasteiger partial charge >= 0.3 is 0 Å². The third-order valence-electron chi connectivity index (χ3n) is 6.08. The van der Waals surface area contributed by atoms with E-state index in [1.165, 1.54) is 15.8 Å². The van der Waals surface area contributed by atoms with E-state index >= 15 is 0 Å². The number of amides is 4. The van der Waals surface area contributed by atoms with E-state index < -0.39 is 5.91 Å². The number of unbranched alkanes of at least 4 members (excludes halogenated alkanes) is 2. The number of imide groups is 1. The van der Waals surface area contributed by atoms with Gasteiger partial charge in [0, 0.05) is 27.1 Å². The highest BCUT2D eigenvalue weighted by Crippen LogP contribution is 2.23. The topological polar surface area (TPSA) is 131 Å². The minimum Gasteiger partial charge on any atom is -0.323 e. The first-order valence-corrected chi connectivity index (χ1v) is 11.3. The lowest BCUT2D eigenvalue weighted by atomic mass is 10.1. The van der Waals surface area contributed by atoms with Crippen molar-refractivity contribution in [2.75, 3.05) is 17.2 Å². The van der Waals surface area contributed by atoms with Gasteiger partial charge in [0.15, 0.2) is 0 Å². The number of hydrogen-bond donors (Lipinski definition) is 2. The lowest BCUT2D eigenvalue weighted by Crippen LogP contribution is -2.30. The second-order valence-corrected chi connectivity index (χ2v) is 8.42. The number of fused-ring (bicyclic) bond motifs is 1. The first-order valence-electron chi connectivity index (χ1n) is 11.3. The van der Waals surface area contributed by atoms with Gasteiger partial charge in [-0.3, -0.25) is 33.4 Å². The molecule has 0 aliphatic carbocycles. The van der Waals surface area contributed by atoms with E-state index in [1.807, 2.05) is 6.92 Å². The Morgan fingerprint density at radius 3 is 2.11 bits per heavy atom. The molecule has 1 aliphatic heterocycles. The van der Waals surface area contributed by atoms with Crippen LogP contribution in [0.1, 0.15) is 62.6 Å². The number of rotatable bonds is 9. The molecule has 0 unspecified atom stereocenters. The van der Waals surface area contributed by atoms with Crippen LogP contribution in [0.3, 0.4) is 0 Å². The summed E-state index contributed by atoms with van der Waals surface area (Å²) in [4.78, 5) is 51.3. The normalized spacial score (nSPS) is 12.7. The van der Waals surface area contributed by atoms with Gasteiger partial charge in [-0.1, -0.05) is 18.6 Å². The van der Waals surface area contributed by atoms with Crippen molar-refractivity contribution < 1.29 is 19.2 Å². The molecule has 0 bridgehead atoms. The number of carbonyl (C=O) groups is 4. The number of nitrogens with zero attached hydrogens (tertiary/aromatic N) is 5. The average Bonchev–Trinajstić information content (AvgIpc) is 3.44. The van der Waals surface area contributed by atoms with Gasteiger partial charge in [0.05, 0.1) is 40.6 Å². The molecule has 3 heterocycles. The van der Waals surface area contributed by atoms with Crippen LogP contribution in [-0.2, 0) is 18.9 Å². The van der Waals surface area contributed by atoms with Gasteiger partial charge in [0.25, 0.3) is 17.7 Å². The summed E-state index contributed by atoms with van der Waals surface area (Å²) >= 11 is 0. The van der Waals surface area contributed by atoms with Gasteiger partial charge in [-0.15, -0.1) is 0 Å². The first-order chi connectivity index (χ1) is 16.8. The van der Waals surface area contributed by atoms with Gasteiger partial charge in [-0.05, 0) is 31.9 Å². The summed E-state index contributed by atoms with van der Waals surface area (Å²) in [6.45, 7) is 2.15. The predicted octanol–water partition coefficient (Wildman–Crippen LogP) is 2.51. The highest BCUT2D eigenvalue weighted by atomic mass is 16.2. The molecule has 0 saturated carbocycles. The standard InChI is InChI=1S/C24H27N7O4/c1-15-18(13-25-29(15)2)28-22(33)21-19(14-26-30(21)3)27-20(32)11-5-4-8-12-31-23(34)16-9-6-7-10-17(16)24(31)35/h6-7,9-10,13-14H,4-5,8,11-12H2,1-3H3,(H,27,32)(H,28,33). The van der Waals surface area contributed by atoms with Crippen LogP contribution < -0.4 is 10.6 Å². The van der Waals surface area contributed by atoms with E-state index in [0.717, 1.165) is 5.69 Å². The van der Waals surface area contributed by atoms with Crippen molar-refractivity contribution >= 4 is 35.0 Å². The third-order valence-corrected chi connectivity index (χ3v) is 6.08. The van der Waals surface area contributed by atoms with Crippen LogP contribution >= 0.6 is 0 Å². The molecule has 11 nitrogen and oxygen atoms in total. The zero-order valence-electron chi connectivity index (χ0n) is 19.9. The lowest BCUT2D eigenvalue weighted by molar-refractivity contribution is -0.116. The lowest BCUT2D eigenvalue weighted by Gasteiger charge is -2.13. The van der Waals surface area contributed by atoms with Crippen LogP contribution in [0.2, 0.25) is 0 Å².